The summed E-state index contributed by atoms with van der Waals surface area (Å²) >= 11 is 0. The summed E-state index contributed by atoms with van der Waals surface area (Å²) in [7, 11) is 0. The maximum atomic E-state index is 13.7. The number of carbonyl (C=O) groups is 1. The van der Waals surface area contributed by atoms with E-state index in [-0.39, 0.29) is 17.4 Å². The van der Waals surface area contributed by atoms with Crippen LogP contribution >= 0.6 is 0 Å². The third kappa shape index (κ3) is 4.57. The van der Waals surface area contributed by atoms with Gasteiger partial charge in [0.1, 0.15) is 11.4 Å². The first kappa shape index (κ1) is 24.6. The van der Waals surface area contributed by atoms with Crippen molar-refractivity contribution in [2.24, 2.45) is 11.8 Å². The van der Waals surface area contributed by atoms with Crippen LogP contribution in [0.25, 0.3) is 0 Å². The monoisotopic (exact) mass is 472 g/mol. The lowest BCUT2D eigenvalue weighted by atomic mass is 9.70. The highest BCUT2D eigenvalue weighted by Gasteiger charge is 2.52. The molecule has 2 aromatic carbocycles. The maximum Gasteiger partial charge on any atom is 0.309 e. The van der Waals surface area contributed by atoms with Crippen molar-refractivity contribution in [2.45, 2.75) is 83.5 Å². The van der Waals surface area contributed by atoms with Crippen LogP contribution in [0.15, 0.2) is 36.4 Å². The van der Waals surface area contributed by atoms with Gasteiger partial charge in [0.05, 0.1) is 18.1 Å². The number of rotatable bonds is 6. The van der Waals surface area contributed by atoms with E-state index in [9.17, 15) is 18.7 Å². The van der Waals surface area contributed by atoms with E-state index in [2.05, 4.69) is 32.9 Å². The number of fused-ring (bicyclic) bond motifs is 3. The molecule has 2 aliphatic rings. The number of carboxylic acids is 1. The molecule has 2 aromatic rings. The lowest BCUT2D eigenvalue weighted by molar-refractivity contribution is -0.188. The second kappa shape index (κ2) is 8.95. The standard InChI is InChI=1S/C28H34F2O4/c1-6-27(2,3)17-9-12-24-18(14-17)25-20(28(4,5)34-24)15-19(26(31)32)23(33-25)11-8-16-7-10-21(29)22(30)13-16/h7,9-10,12-14,19-20,23,25H,6,8,11,15H2,1-5H3,(H,31,32)/t19-,20+,23+,25-/m1/s1. The molecule has 0 radical (unpaired) electrons. The van der Waals surface area contributed by atoms with Crippen molar-refractivity contribution in [1.29, 1.82) is 0 Å². The zero-order chi connectivity index (χ0) is 24.8. The predicted molar refractivity (Wildman–Crippen MR) is 126 cm³/mol. The van der Waals surface area contributed by atoms with E-state index in [1.807, 2.05) is 19.9 Å². The van der Waals surface area contributed by atoms with Gasteiger partial charge in [-0.2, -0.15) is 0 Å². The Balaban J connectivity index is 1.66. The highest BCUT2D eigenvalue weighted by molar-refractivity contribution is 5.71. The Bertz CT molecular complexity index is 1080. The van der Waals surface area contributed by atoms with E-state index in [0.29, 0.717) is 24.8 Å². The zero-order valence-electron chi connectivity index (χ0n) is 20.5. The number of carboxylic acid groups (broad SMARTS) is 1. The largest absolute Gasteiger partial charge is 0.487 e. The van der Waals surface area contributed by atoms with E-state index >= 15 is 0 Å². The van der Waals surface area contributed by atoms with Gasteiger partial charge in [0, 0.05) is 11.5 Å². The molecule has 34 heavy (non-hydrogen) atoms. The summed E-state index contributed by atoms with van der Waals surface area (Å²) in [6, 6.07) is 10.1. The number of hydrogen-bond donors (Lipinski definition) is 1. The van der Waals surface area contributed by atoms with Crippen LogP contribution in [-0.4, -0.2) is 22.8 Å². The summed E-state index contributed by atoms with van der Waals surface area (Å²) in [6.07, 6.45) is 1.37. The molecule has 0 saturated carbocycles. The predicted octanol–water partition coefficient (Wildman–Crippen LogP) is 6.60. The van der Waals surface area contributed by atoms with E-state index < -0.39 is 35.2 Å². The molecule has 0 amide bonds. The highest BCUT2D eigenvalue weighted by Crippen LogP contribution is 2.53. The molecule has 2 aliphatic heterocycles. The first-order valence-corrected chi connectivity index (χ1v) is 12.1. The molecule has 2 heterocycles. The second-order valence-corrected chi connectivity index (χ2v) is 10.9. The van der Waals surface area contributed by atoms with Crippen molar-refractivity contribution < 1.29 is 28.2 Å². The Morgan fingerprint density at radius 3 is 2.53 bits per heavy atom. The zero-order valence-corrected chi connectivity index (χ0v) is 20.5. The van der Waals surface area contributed by atoms with Crippen LogP contribution in [0.1, 0.15) is 76.7 Å². The molecule has 0 spiro atoms. The molecule has 0 unspecified atom stereocenters. The van der Waals surface area contributed by atoms with Gasteiger partial charge in [0.15, 0.2) is 11.6 Å². The molecule has 1 fully saturated rings. The lowest BCUT2D eigenvalue weighted by Gasteiger charge is -2.50. The summed E-state index contributed by atoms with van der Waals surface area (Å²) in [5, 5.41) is 9.99. The van der Waals surface area contributed by atoms with Gasteiger partial charge in [-0.25, -0.2) is 8.78 Å². The maximum absolute atomic E-state index is 13.7. The Morgan fingerprint density at radius 2 is 1.88 bits per heavy atom. The van der Waals surface area contributed by atoms with Crippen molar-refractivity contribution in [3.63, 3.8) is 0 Å². The Hall–Kier alpha value is -2.47. The minimum absolute atomic E-state index is 0.0121. The summed E-state index contributed by atoms with van der Waals surface area (Å²) < 4.78 is 39.9. The van der Waals surface area contributed by atoms with Gasteiger partial charge in [-0.3, -0.25) is 4.79 Å². The van der Waals surface area contributed by atoms with Crippen LogP contribution in [-0.2, 0) is 21.4 Å². The average molecular weight is 473 g/mol. The van der Waals surface area contributed by atoms with Crippen LogP contribution < -0.4 is 4.74 Å². The number of ether oxygens (including phenoxy) is 2. The molecule has 1 N–H and O–H groups in total. The van der Waals surface area contributed by atoms with Crippen LogP contribution in [0.5, 0.6) is 5.75 Å². The molecule has 0 bridgehead atoms. The van der Waals surface area contributed by atoms with Crippen molar-refractivity contribution >= 4 is 5.97 Å². The Kier molecular flexibility index (Phi) is 6.49. The highest BCUT2D eigenvalue weighted by atomic mass is 19.2. The van der Waals surface area contributed by atoms with Gasteiger partial charge in [-0.1, -0.05) is 32.9 Å². The van der Waals surface area contributed by atoms with Gasteiger partial charge in [-0.05, 0) is 80.3 Å². The molecular formula is C28H34F2O4. The minimum atomic E-state index is -0.906. The van der Waals surface area contributed by atoms with Crippen molar-refractivity contribution in [1.82, 2.24) is 0 Å². The van der Waals surface area contributed by atoms with E-state index in [1.165, 1.54) is 17.7 Å². The number of aliphatic carboxylic acids is 1. The normalized spacial score (nSPS) is 25.7. The summed E-state index contributed by atoms with van der Waals surface area (Å²) in [4.78, 5) is 12.2. The number of aryl methyl sites for hydroxylation is 1. The van der Waals surface area contributed by atoms with Crippen LogP contribution in [0.3, 0.4) is 0 Å². The van der Waals surface area contributed by atoms with E-state index in [1.54, 1.807) is 0 Å². The molecule has 4 atom stereocenters. The molecule has 4 nitrogen and oxygen atoms in total. The number of halogens is 2. The molecular weight excluding hydrogens is 438 g/mol. The van der Waals surface area contributed by atoms with Gasteiger partial charge < -0.3 is 14.6 Å². The Labute approximate surface area is 200 Å². The summed E-state index contributed by atoms with van der Waals surface area (Å²) in [6.45, 7) is 10.5. The molecule has 0 aromatic heterocycles. The summed E-state index contributed by atoms with van der Waals surface area (Å²) in [5.74, 6) is -2.75. The summed E-state index contributed by atoms with van der Waals surface area (Å²) in [5.41, 5.74) is 2.18. The third-order valence-electron chi connectivity index (χ3n) is 7.91. The molecule has 6 heteroatoms. The molecule has 184 valence electrons. The lowest BCUT2D eigenvalue weighted by Crippen LogP contribution is -2.52. The molecule has 1 saturated heterocycles. The second-order valence-electron chi connectivity index (χ2n) is 10.9. The quantitative estimate of drug-likeness (QED) is 0.514. The first-order chi connectivity index (χ1) is 15.9. The van der Waals surface area contributed by atoms with Crippen LogP contribution in [0.2, 0.25) is 0 Å². The average Bonchev–Trinajstić information content (AvgIpc) is 2.78. The minimum Gasteiger partial charge on any atom is -0.487 e. The van der Waals surface area contributed by atoms with Crippen molar-refractivity contribution in [3.05, 3.63) is 64.7 Å². The van der Waals surface area contributed by atoms with Gasteiger partial charge in [0.2, 0.25) is 0 Å². The van der Waals surface area contributed by atoms with Crippen molar-refractivity contribution in [3.8, 4) is 5.75 Å². The van der Waals surface area contributed by atoms with Gasteiger partial charge >= 0.3 is 5.97 Å². The fourth-order valence-electron chi connectivity index (χ4n) is 5.25. The van der Waals surface area contributed by atoms with Gasteiger partial charge in [-0.15, -0.1) is 0 Å². The Morgan fingerprint density at radius 1 is 1.15 bits per heavy atom. The first-order valence-electron chi connectivity index (χ1n) is 12.1. The topological polar surface area (TPSA) is 55.8 Å². The number of hydrogen-bond acceptors (Lipinski definition) is 3. The van der Waals surface area contributed by atoms with Gasteiger partial charge in [0.25, 0.3) is 0 Å². The van der Waals surface area contributed by atoms with E-state index in [4.69, 9.17) is 9.47 Å². The fourth-order valence-corrected chi connectivity index (χ4v) is 5.25. The smallest absolute Gasteiger partial charge is 0.309 e. The van der Waals surface area contributed by atoms with Crippen LogP contribution in [0, 0.1) is 23.5 Å². The third-order valence-corrected chi connectivity index (χ3v) is 7.91. The SMILES string of the molecule is CCC(C)(C)c1ccc2c(c1)[C@H]1O[C@@H](CCc3ccc(F)c(F)c3)[C@H](C(=O)O)C[C@@H]1C(C)(C)O2. The molecule has 0 aliphatic carbocycles. The molecule has 4 rings (SSSR count). The van der Waals surface area contributed by atoms with Crippen LogP contribution in [0.4, 0.5) is 8.78 Å². The number of benzene rings is 2. The fraction of sp³-hybridized carbons (Fsp3) is 0.536. The van der Waals surface area contributed by atoms with E-state index in [0.717, 1.165) is 23.8 Å². The van der Waals surface area contributed by atoms with Crippen molar-refractivity contribution in [2.75, 3.05) is 0 Å².